The Morgan fingerprint density at radius 3 is 2.71 bits per heavy atom. The molecular weight excluding hydrogens is 455 g/mol. The molecule has 0 aliphatic carbocycles. The number of nitrogens with zero attached hydrogens (tertiary/aromatic N) is 3. The first-order valence-corrected chi connectivity index (χ1v) is 12.9. The van der Waals surface area contributed by atoms with Gasteiger partial charge in [-0.15, -0.1) is 0 Å². The van der Waals surface area contributed by atoms with E-state index in [-0.39, 0.29) is 6.04 Å². The van der Waals surface area contributed by atoms with Crippen LogP contribution in [0.2, 0.25) is 0 Å². The number of halogens is 1. The van der Waals surface area contributed by atoms with Gasteiger partial charge in [-0.3, -0.25) is 9.21 Å². The lowest BCUT2D eigenvalue weighted by Gasteiger charge is -2.47. The summed E-state index contributed by atoms with van der Waals surface area (Å²) in [5.41, 5.74) is 3.92. The quantitative estimate of drug-likeness (QED) is 0.601. The van der Waals surface area contributed by atoms with Gasteiger partial charge in [0.25, 0.3) is 0 Å². The number of benzene rings is 2. The predicted molar refractivity (Wildman–Crippen MR) is 129 cm³/mol. The van der Waals surface area contributed by atoms with Crippen LogP contribution in [-0.4, -0.2) is 43.1 Å². The van der Waals surface area contributed by atoms with Crippen molar-refractivity contribution < 1.29 is 17.3 Å². The first-order valence-electron chi connectivity index (χ1n) is 11.5. The highest BCUT2D eigenvalue weighted by Crippen LogP contribution is 2.41. The summed E-state index contributed by atoms with van der Waals surface area (Å²) in [5, 5.41) is 4.07. The van der Waals surface area contributed by atoms with E-state index in [4.69, 9.17) is 4.52 Å². The maximum Gasteiger partial charge on any atom is 0.302 e. The van der Waals surface area contributed by atoms with Crippen LogP contribution >= 0.6 is 0 Å². The van der Waals surface area contributed by atoms with Crippen LogP contribution < -0.4 is 9.03 Å². The SMILES string of the molecule is Cc1noc(C)c1-c1cccc(CN2CC[C@]3(CNS(=O)(=O)N3c3cccc(F)c3)C[C@@H]2C)c1. The molecule has 2 fully saturated rings. The van der Waals surface area contributed by atoms with Crippen LogP contribution in [0.3, 0.4) is 0 Å². The molecule has 2 saturated heterocycles. The summed E-state index contributed by atoms with van der Waals surface area (Å²) >= 11 is 0. The smallest absolute Gasteiger partial charge is 0.302 e. The number of piperidine rings is 1. The highest BCUT2D eigenvalue weighted by atomic mass is 32.2. The third kappa shape index (κ3) is 4.01. The van der Waals surface area contributed by atoms with Crippen molar-refractivity contribution in [3.8, 4) is 11.1 Å². The minimum atomic E-state index is -3.72. The molecule has 0 saturated carbocycles. The molecule has 2 aliphatic heterocycles. The van der Waals surface area contributed by atoms with E-state index in [1.165, 1.54) is 22.0 Å². The number of nitrogens with one attached hydrogen (secondary N) is 1. The van der Waals surface area contributed by atoms with Crippen LogP contribution in [0, 0.1) is 19.7 Å². The van der Waals surface area contributed by atoms with E-state index in [1.807, 2.05) is 19.9 Å². The molecule has 2 aliphatic rings. The standard InChI is InChI=1S/C25H29FN4O3S/c1-17-14-25(16-27-34(31,32)30(25)23-9-5-8-22(26)13-23)10-11-29(17)15-20-6-4-7-21(12-20)24-18(2)28-33-19(24)3/h4-9,12-13,17,27H,10-11,14-16H2,1-3H3/t17-,25+/m0/s1. The van der Waals surface area contributed by atoms with Gasteiger partial charge in [-0.25, -0.2) is 4.39 Å². The molecule has 180 valence electrons. The monoisotopic (exact) mass is 484 g/mol. The molecule has 0 radical (unpaired) electrons. The molecule has 2 aromatic carbocycles. The van der Waals surface area contributed by atoms with Gasteiger partial charge in [0.15, 0.2) is 0 Å². The van der Waals surface area contributed by atoms with Crippen LogP contribution in [0.15, 0.2) is 53.1 Å². The molecule has 0 amide bonds. The first-order chi connectivity index (χ1) is 16.2. The van der Waals surface area contributed by atoms with Gasteiger partial charge in [0.2, 0.25) is 0 Å². The molecule has 7 nitrogen and oxygen atoms in total. The normalized spacial score (nSPS) is 24.7. The van der Waals surface area contributed by atoms with Gasteiger partial charge in [-0.05, 0) is 69.0 Å². The molecule has 3 aromatic rings. The molecule has 2 atom stereocenters. The summed E-state index contributed by atoms with van der Waals surface area (Å²) < 4.78 is 49.2. The number of hydrogen-bond acceptors (Lipinski definition) is 5. The Labute approximate surface area is 199 Å². The fourth-order valence-corrected chi connectivity index (χ4v) is 7.23. The Hall–Kier alpha value is -2.75. The summed E-state index contributed by atoms with van der Waals surface area (Å²) in [5.74, 6) is 0.355. The lowest BCUT2D eigenvalue weighted by molar-refractivity contribution is 0.106. The number of aryl methyl sites for hydroxylation is 2. The number of hydrogen-bond donors (Lipinski definition) is 1. The van der Waals surface area contributed by atoms with Gasteiger partial charge in [0.1, 0.15) is 11.6 Å². The van der Waals surface area contributed by atoms with Crippen LogP contribution in [0.25, 0.3) is 11.1 Å². The van der Waals surface area contributed by atoms with E-state index in [0.29, 0.717) is 25.1 Å². The van der Waals surface area contributed by atoms with Crippen LogP contribution in [-0.2, 0) is 16.8 Å². The molecular formula is C25H29FN4O3S. The van der Waals surface area contributed by atoms with Crippen molar-refractivity contribution in [1.29, 1.82) is 0 Å². The summed E-state index contributed by atoms with van der Waals surface area (Å²) in [6.45, 7) is 7.81. The van der Waals surface area contributed by atoms with E-state index in [0.717, 1.165) is 35.7 Å². The Kier molecular flexibility index (Phi) is 5.74. The van der Waals surface area contributed by atoms with Crippen LogP contribution in [0.4, 0.5) is 10.1 Å². The van der Waals surface area contributed by atoms with Crippen LogP contribution in [0.1, 0.15) is 36.8 Å². The van der Waals surface area contributed by atoms with E-state index < -0.39 is 21.6 Å². The predicted octanol–water partition coefficient (Wildman–Crippen LogP) is 4.18. The highest BCUT2D eigenvalue weighted by molar-refractivity contribution is 7.91. The van der Waals surface area contributed by atoms with Gasteiger partial charge < -0.3 is 4.52 Å². The molecule has 3 heterocycles. The molecule has 0 unspecified atom stereocenters. The van der Waals surface area contributed by atoms with Crippen molar-refractivity contribution in [2.45, 2.75) is 51.7 Å². The lowest BCUT2D eigenvalue weighted by atomic mass is 9.83. The average molecular weight is 485 g/mol. The molecule has 1 spiro atoms. The van der Waals surface area contributed by atoms with Crippen molar-refractivity contribution in [2.24, 2.45) is 0 Å². The maximum atomic E-state index is 13.9. The number of anilines is 1. The second kappa shape index (κ2) is 8.48. The Morgan fingerprint density at radius 2 is 2.00 bits per heavy atom. The highest BCUT2D eigenvalue weighted by Gasteiger charge is 2.52. The second-order valence-electron chi connectivity index (χ2n) is 9.47. The minimum Gasteiger partial charge on any atom is -0.361 e. The molecule has 1 N–H and O–H groups in total. The zero-order chi connectivity index (χ0) is 24.1. The largest absolute Gasteiger partial charge is 0.361 e. The van der Waals surface area contributed by atoms with Gasteiger partial charge in [0.05, 0.1) is 16.9 Å². The fourth-order valence-electron chi connectivity index (χ4n) is 5.52. The van der Waals surface area contributed by atoms with Gasteiger partial charge in [-0.1, -0.05) is 29.4 Å². The minimum absolute atomic E-state index is 0.141. The van der Waals surface area contributed by atoms with E-state index >= 15 is 0 Å². The van der Waals surface area contributed by atoms with Gasteiger partial charge in [0, 0.05) is 31.2 Å². The third-order valence-corrected chi connectivity index (χ3v) is 8.68. The third-order valence-electron chi connectivity index (χ3n) is 7.10. The Bertz CT molecular complexity index is 1310. The molecule has 9 heteroatoms. The molecule has 5 rings (SSSR count). The van der Waals surface area contributed by atoms with Crippen molar-refractivity contribution in [1.82, 2.24) is 14.8 Å². The Morgan fingerprint density at radius 1 is 1.21 bits per heavy atom. The van der Waals surface area contributed by atoms with Crippen molar-refractivity contribution >= 4 is 15.9 Å². The maximum absolute atomic E-state index is 13.9. The van der Waals surface area contributed by atoms with E-state index in [1.54, 1.807) is 12.1 Å². The molecule has 0 bridgehead atoms. The molecule has 1 aromatic heterocycles. The summed E-state index contributed by atoms with van der Waals surface area (Å²) in [4.78, 5) is 2.38. The summed E-state index contributed by atoms with van der Waals surface area (Å²) in [6.07, 6.45) is 1.31. The van der Waals surface area contributed by atoms with Crippen molar-refractivity contribution in [3.05, 3.63) is 71.4 Å². The summed E-state index contributed by atoms with van der Waals surface area (Å²) in [7, 11) is -3.72. The zero-order valence-electron chi connectivity index (χ0n) is 19.6. The summed E-state index contributed by atoms with van der Waals surface area (Å²) in [6, 6.07) is 14.4. The van der Waals surface area contributed by atoms with Gasteiger partial charge in [-0.2, -0.15) is 13.1 Å². The number of rotatable bonds is 4. The van der Waals surface area contributed by atoms with Gasteiger partial charge >= 0.3 is 10.2 Å². The van der Waals surface area contributed by atoms with Crippen molar-refractivity contribution in [3.63, 3.8) is 0 Å². The molecule has 34 heavy (non-hydrogen) atoms. The second-order valence-corrected chi connectivity index (χ2v) is 11.1. The van der Waals surface area contributed by atoms with Crippen molar-refractivity contribution in [2.75, 3.05) is 17.4 Å². The topological polar surface area (TPSA) is 78.7 Å². The fraction of sp³-hybridized carbons (Fsp3) is 0.400. The van der Waals surface area contributed by atoms with Crippen LogP contribution in [0.5, 0.6) is 0 Å². The van der Waals surface area contributed by atoms with E-state index in [9.17, 15) is 12.8 Å². The average Bonchev–Trinajstić information content (AvgIpc) is 3.25. The zero-order valence-corrected chi connectivity index (χ0v) is 20.4. The number of likely N-dealkylation sites (tertiary alicyclic amines) is 1. The first kappa shape index (κ1) is 23.0. The Balaban J connectivity index is 1.37. The number of aromatic nitrogens is 1. The van der Waals surface area contributed by atoms with E-state index in [2.05, 4.69) is 39.9 Å². The lowest BCUT2D eigenvalue weighted by Crippen LogP contribution is -2.57.